The number of benzene rings is 2. The molecule has 0 atom stereocenters. The Hall–Kier alpha value is -2.40. The summed E-state index contributed by atoms with van der Waals surface area (Å²) in [4.78, 5) is 17.3. The third-order valence-electron chi connectivity index (χ3n) is 6.46. The number of carbonyl (C=O) groups is 1. The summed E-state index contributed by atoms with van der Waals surface area (Å²) in [5.74, 6) is 0.0893. The second-order valence-electron chi connectivity index (χ2n) is 8.33. The highest BCUT2D eigenvalue weighted by atomic mass is 19.1. The van der Waals surface area contributed by atoms with Gasteiger partial charge < -0.3 is 10.2 Å². The van der Waals surface area contributed by atoms with Crippen molar-refractivity contribution in [1.29, 1.82) is 0 Å². The standard InChI is InChI=1S/C24H30FN3O/c1-2-28-14-11-19-7-4-6-10-22(19)26-24(17-23(28)29)12-15-27(16-13-24)18-20-8-3-5-9-21(20)25/h3-10,26H,2,11-18H2,1H3. The fraction of sp³-hybridized carbons (Fsp3) is 0.458. The van der Waals surface area contributed by atoms with E-state index in [1.807, 2.05) is 17.0 Å². The summed E-state index contributed by atoms with van der Waals surface area (Å²) in [5.41, 5.74) is 2.93. The van der Waals surface area contributed by atoms with E-state index in [0.29, 0.717) is 13.0 Å². The zero-order valence-electron chi connectivity index (χ0n) is 17.2. The van der Waals surface area contributed by atoms with Crippen LogP contribution in [0, 0.1) is 5.82 Å². The van der Waals surface area contributed by atoms with Crippen LogP contribution in [0.3, 0.4) is 0 Å². The van der Waals surface area contributed by atoms with Crippen molar-refractivity contribution in [2.45, 2.75) is 44.7 Å². The number of halogens is 1. The molecule has 1 fully saturated rings. The lowest BCUT2D eigenvalue weighted by atomic mass is 9.83. The number of nitrogens with zero attached hydrogens (tertiary/aromatic N) is 2. The van der Waals surface area contributed by atoms with Gasteiger partial charge in [-0.3, -0.25) is 9.69 Å². The predicted octanol–water partition coefficient (Wildman–Crippen LogP) is 4.07. The largest absolute Gasteiger partial charge is 0.379 e. The quantitative estimate of drug-likeness (QED) is 0.851. The highest BCUT2D eigenvalue weighted by Gasteiger charge is 2.38. The predicted molar refractivity (Wildman–Crippen MR) is 114 cm³/mol. The fourth-order valence-electron chi connectivity index (χ4n) is 4.61. The Morgan fingerprint density at radius 1 is 1.03 bits per heavy atom. The van der Waals surface area contributed by atoms with E-state index in [2.05, 4.69) is 41.4 Å². The molecule has 0 saturated carbocycles. The minimum absolute atomic E-state index is 0.143. The Bertz CT molecular complexity index is 861. The monoisotopic (exact) mass is 395 g/mol. The third-order valence-corrected chi connectivity index (χ3v) is 6.46. The molecule has 154 valence electrons. The molecule has 2 heterocycles. The molecule has 0 aromatic heterocycles. The van der Waals surface area contributed by atoms with Crippen molar-refractivity contribution < 1.29 is 9.18 Å². The van der Waals surface area contributed by atoms with Gasteiger partial charge in [0.25, 0.3) is 0 Å². The Balaban J connectivity index is 1.53. The van der Waals surface area contributed by atoms with E-state index in [-0.39, 0.29) is 17.3 Å². The van der Waals surface area contributed by atoms with Gasteiger partial charge in [-0.1, -0.05) is 36.4 Å². The SMILES string of the molecule is CCN1CCc2ccccc2NC2(CCN(Cc3ccccc3F)CC2)CC1=O. The summed E-state index contributed by atoms with van der Waals surface area (Å²) in [6.45, 7) is 5.89. The highest BCUT2D eigenvalue weighted by Crippen LogP contribution is 2.34. The Kier molecular flexibility index (Phi) is 5.86. The third kappa shape index (κ3) is 4.45. The summed E-state index contributed by atoms with van der Waals surface area (Å²) in [5, 5.41) is 3.78. The first-order valence-electron chi connectivity index (χ1n) is 10.7. The molecular formula is C24H30FN3O. The van der Waals surface area contributed by atoms with Crippen molar-refractivity contribution in [3.8, 4) is 0 Å². The molecule has 1 N–H and O–H groups in total. The van der Waals surface area contributed by atoms with Gasteiger partial charge >= 0.3 is 0 Å². The molecule has 5 heteroatoms. The molecule has 2 aromatic rings. The van der Waals surface area contributed by atoms with Crippen molar-refractivity contribution in [3.63, 3.8) is 0 Å². The van der Waals surface area contributed by atoms with Gasteiger partial charge in [-0.15, -0.1) is 0 Å². The van der Waals surface area contributed by atoms with Crippen molar-refractivity contribution >= 4 is 11.6 Å². The van der Waals surface area contributed by atoms with E-state index in [0.717, 1.165) is 56.7 Å². The van der Waals surface area contributed by atoms with Crippen molar-refractivity contribution in [2.24, 2.45) is 0 Å². The molecule has 0 aliphatic carbocycles. The zero-order chi connectivity index (χ0) is 20.3. The first-order valence-corrected chi connectivity index (χ1v) is 10.7. The second-order valence-corrected chi connectivity index (χ2v) is 8.33. The number of nitrogens with one attached hydrogen (secondary N) is 1. The van der Waals surface area contributed by atoms with Gasteiger partial charge in [-0.05, 0) is 43.9 Å². The van der Waals surface area contributed by atoms with Crippen LogP contribution in [-0.4, -0.2) is 47.4 Å². The van der Waals surface area contributed by atoms with Crippen LogP contribution in [0.1, 0.15) is 37.3 Å². The molecule has 2 aromatic carbocycles. The molecule has 2 aliphatic rings. The van der Waals surface area contributed by atoms with Crippen molar-refractivity contribution in [3.05, 3.63) is 65.5 Å². The molecule has 1 spiro atoms. The van der Waals surface area contributed by atoms with Gasteiger partial charge in [0.05, 0.1) is 0 Å². The number of rotatable bonds is 3. The van der Waals surface area contributed by atoms with Gasteiger partial charge in [0.1, 0.15) is 5.82 Å². The number of likely N-dealkylation sites (N-methyl/N-ethyl adjacent to an activating group) is 1. The molecule has 2 aliphatic heterocycles. The van der Waals surface area contributed by atoms with Crippen LogP contribution in [-0.2, 0) is 17.8 Å². The number of hydrogen-bond acceptors (Lipinski definition) is 3. The summed E-state index contributed by atoms with van der Waals surface area (Å²) in [7, 11) is 0. The minimum atomic E-state index is -0.239. The van der Waals surface area contributed by atoms with Crippen LogP contribution < -0.4 is 5.32 Å². The van der Waals surface area contributed by atoms with Gasteiger partial charge in [-0.25, -0.2) is 4.39 Å². The van der Waals surface area contributed by atoms with Gasteiger partial charge in [0.2, 0.25) is 5.91 Å². The zero-order valence-corrected chi connectivity index (χ0v) is 17.2. The average Bonchev–Trinajstić information content (AvgIpc) is 2.78. The van der Waals surface area contributed by atoms with E-state index >= 15 is 0 Å². The topological polar surface area (TPSA) is 35.6 Å². The minimum Gasteiger partial charge on any atom is -0.379 e. The van der Waals surface area contributed by atoms with Gasteiger partial charge in [-0.2, -0.15) is 0 Å². The van der Waals surface area contributed by atoms with Gasteiger partial charge in [0.15, 0.2) is 0 Å². The maximum atomic E-state index is 14.0. The molecule has 1 amide bonds. The number of carbonyl (C=O) groups excluding carboxylic acids is 1. The number of anilines is 1. The number of fused-ring (bicyclic) bond motifs is 1. The number of para-hydroxylation sites is 1. The van der Waals surface area contributed by atoms with Crippen LogP contribution in [0.5, 0.6) is 0 Å². The molecule has 4 rings (SSSR count). The Morgan fingerprint density at radius 2 is 1.76 bits per heavy atom. The maximum absolute atomic E-state index is 14.0. The molecule has 0 bridgehead atoms. The van der Waals surface area contributed by atoms with E-state index in [1.165, 1.54) is 11.6 Å². The fourth-order valence-corrected chi connectivity index (χ4v) is 4.61. The van der Waals surface area contributed by atoms with Crippen molar-refractivity contribution in [2.75, 3.05) is 31.5 Å². The lowest BCUT2D eigenvalue weighted by Crippen LogP contribution is -2.51. The van der Waals surface area contributed by atoms with E-state index in [4.69, 9.17) is 0 Å². The summed E-state index contributed by atoms with van der Waals surface area (Å²) in [6, 6.07) is 15.4. The van der Waals surface area contributed by atoms with Crippen LogP contribution in [0.2, 0.25) is 0 Å². The molecule has 0 unspecified atom stereocenters. The highest BCUT2D eigenvalue weighted by molar-refractivity contribution is 5.78. The molecular weight excluding hydrogens is 365 g/mol. The molecule has 4 nitrogen and oxygen atoms in total. The molecule has 1 saturated heterocycles. The van der Waals surface area contributed by atoms with E-state index in [9.17, 15) is 9.18 Å². The number of likely N-dealkylation sites (tertiary alicyclic amines) is 1. The number of piperidine rings is 1. The smallest absolute Gasteiger partial charge is 0.224 e. The molecule has 29 heavy (non-hydrogen) atoms. The van der Waals surface area contributed by atoms with E-state index < -0.39 is 0 Å². The van der Waals surface area contributed by atoms with Crippen LogP contribution >= 0.6 is 0 Å². The lowest BCUT2D eigenvalue weighted by molar-refractivity contribution is -0.132. The molecule has 0 radical (unpaired) electrons. The van der Waals surface area contributed by atoms with E-state index in [1.54, 1.807) is 6.07 Å². The normalized spacial score (nSPS) is 19.8. The van der Waals surface area contributed by atoms with Crippen LogP contribution in [0.25, 0.3) is 0 Å². The van der Waals surface area contributed by atoms with Crippen molar-refractivity contribution in [1.82, 2.24) is 9.80 Å². The Morgan fingerprint density at radius 3 is 2.52 bits per heavy atom. The van der Waals surface area contributed by atoms with Crippen LogP contribution in [0.4, 0.5) is 10.1 Å². The first-order chi connectivity index (χ1) is 14.1. The summed E-state index contributed by atoms with van der Waals surface area (Å²) in [6.07, 6.45) is 3.14. The number of amides is 1. The summed E-state index contributed by atoms with van der Waals surface area (Å²) < 4.78 is 14.0. The second kappa shape index (κ2) is 8.54. The Labute approximate surface area is 172 Å². The lowest BCUT2D eigenvalue weighted by Gasteiger charge is -2.43. The first kappa shape index (κ1) is 19.9. The van der Waals surface area contributed by atoms with Crippen LogP contribution in [0.15, 0.2) is 48.5 Å². The van der Waals surface area contributed by atoms with Gasteiger partial charge in [0, 0.05) is 55.9 Å². The number of hydrogen-bond donors (Lipinski definition) is 1. The maximum Gasteiger partial charge on any atom is 0.224 e. The summed E-state index contributed by atoms with van der Waals surface area (Å²) >= 11 is 0. The average molecular weight is 396 g/mol.